The molecule has 0 bridgehead atoms. The molecule has 1 heterocycles. The first-order valence-electron chi connectivity index (χ1n) is 7.11. The molecular weight excluding hydrogens is 244 g/mol. The van der Waals surface area contributed by atoms with Gasteiger partial charge in [0.1, 0.15) is 5.54 Å². The molecule has 19 heavy (non-hydrogen) atoms. The first-order valence-corrected chi connectivity index (χ1v) is 7.11. The highest BCUT2D eigenvalue weighted by molar-refractivity contribution is 5.78. The number of carbonyl (C=O) groups is 1. The molecule has 2 unspecified atom stereocenters. The van der Waals surface area contributed by atoms with E-state index in [1.54, 1.807) is 6.92 Å². The Morgan fingerprint density at radius 3 is 2.63 bits per heavy atom. The summed E-state index contributed by atoms with van der Waals surface area (Å²) in [7, 11) is 0. The first kappa shape index (κ1) is 14.8. The third kappa shape index (κ3) is 3.91. The van der Waals surface area contributed by atoms with Crippen LogP contribution in [0.3, 0.4) is 0 Å². The SMILES string of the molecule is CC1CN(CC(C)(NC2CC2)C(=O)O)CC(C)(C)O1. The highest BCUT2D eigenvalue weighted by atomic mass is 16.5. The Bertz CT molecular complexity index is 355. The van der Waals surface area contributed by atoms with Crippen LogP contribution in [0.1, 0.15) is 40.5 Å². The summed E-state index contributed by atoms with van der Waals surface area (Å²) in [6, 6.07) is 0.382. The van der Waals surface area contributed by atoms with Gasteiger partial charge in [0.25, 0.3) is 0 Å². The van der Waals surface area contributed by atoms with Crippen molar-refractivity contribution in [2.24, 2.45) is 0 Å². The third-order valence-electron chi connectivity index (χ3n) is 3.75. The molecule has 0 amide bonds. The zero-order valence-electron chi connectivity index (χ0n) is 12.4. The van der Waals surface area contributed by atoms with Crippen LogP contribution in [-0.2, 0) is 9.53 Å². The standard InChI is InChI=1S/C14H26N2O3/c1-10-7-16(8-13(2,3)19-10)9-14(4,12(17)18)15-11-5-6-11/h10-11,15H,5-9H2,1-4H3,(H,17,18). The molecular formula is C14H26N2O3. The number of aliphatic carboxylic acids is 1. The average Bonchev–Trinajstić information content (AvgIpc) is 2.97. The minimum atomic E-state index is -0.867. The number of hydrogen-bond donors (Lipinski definition) is 2. The molecule has 2 N–H and O–H groups in total. The van der Waals surface area contributed by atoms with Gasteiger partial charge < -0.3 is 9.84 Å². The van der Waals surface area contributed by atoms with Gasteiger partial charge in [-0.05, 0) is 40.5 Å². The monoisotopic (exact) mass is 270 g/mol. The van der Waals surface area contributed by atoms with Gasteiger partial charge in [-0.25, -0.2) is 0 Å². The van der Waals surface area contributed by atoms with Crippen molar-refractivity contribution in [1.29, 1.82) is 0 Å². The van der Waals surface area contributed by atoms with Crippen LogP contribution in [0, 0.1) is 0 Å². The summed E-state index contributed by atoms with van der Waals surface area (Å²) in [5, 5.41) is 12.8. The van der Waals surface area contributed by atoms with Crippen LogP contribution >= 0.6 is 0 Å². The molecule has 110 valence electrons. The van der Waals surface area contributed by atoms with E-state index in [9.17, 15) is 9.90 Å². The zero-order chi connectivity index (χ0) is 14.3. The fourth-order valence-electron chi connectivity index (χ4n) is 3.01. The molecule has 2 fully saturated rings. The third-order valence-corrected chi connectivity index (χ3v) is 3.75. The Kier molecular flexibility index (Phi) is 3.91. The molecule has 0 aromatic rings. The smallest absolute Gasteiger partial charge is 0.324 e. The van der Waals surface area contributed by atoms with E-state index in [2.05, 4.69) is 24.1 Å². The largest absolute Gasteiger partial charge is 0.480 e. The molecule has 0 spiro atoms. The average molecular weight is 270 g/mol. The van der Waals surface area contributed by atoms with E-state index in [4.69, 9.17) is 4.74 Å². The van der Waals surface area contributed by atoms with E-state index in [0.717, 1.165) is 25.9 Å². The van der Waals surface area contributed by atoms with E-state index < -0.39 is 11.5 Å². The van der Waals surface area contributed by atoms with Crippen LogP contribution in [-0.4, -0.2) is 58.9 Å². The Balaban J connectivity index is 2.01. The summed E-state index contributed by atoms with van der Waals surface area (Å²) < 4.78 is 5.86. The van der Waals surface area contributed by atoms with Crippen molar-refractivity contribution in [3.05, 3.63) is 0 Å². The van der Waals surface area contributed by atoms with E-state index in [1.165, 1.54) is 0 Å². The molecule has 1 saturated heterocycles. The van der Waals surface area contributed by atoms with E-state index >= 15 is 0 Å². The van der Waals surface area contributed by atoms with Crippen molar-refractivity contribution in [3.8, 4) is 0 Å². The van der Waals surface area contributed by atoms with Gasteiger partial charge in [0.15, 0.2) is 0 Å². The maximum Gasteiger partial charge on any atom is 0.324 e. The second kappa shape index (κ2) is 5.04. The van der Waals surface area contributed by atoms with Crippen molar-refractivity contribution in [2.45, 2.75) is 63.8 Å². The number of nitrogens with zero attached hydrogens (tertiary/aromatic N) is 1. The number of morpholine rings is 1. The van der Waals surface area contributed by atoms with Gasteiger partial charge >= 0.3 is 5.97 Å². The summed E-state index contributed by atoms with van der Waals surface area (Å²) in [5.74, 6) is -0.767. The predicted octanol–water partition coefficient (Wildman–Crippen LogP) is 1.08. The van der Waals surface area contributed by atoms with E-state index in [0.29, 0.717) is 12.6 Å². The van der Waals surface area contributed by atoms with Gasteiger partial charge in [-0.15, -0.1) is 0 Å². The second-order valence-electron chi connectivity index (χ2n) is 6.91. The minimum Gasteiger partial charge on any atom is -0.480 e. The summed E-state index contributed by atoms with van der Waals surface area (Å²) >= 11 is 0. The number of rotatable bonds is 5. The molecule has 5 nitrogen and oxygen atoms in total. The fourth-order valence-corrected chi connectivity index (χ4v) is 3.01. The lowest BCUT2D eigenvalue weighted by atomic mass is 9.98. The first-order chi connectivity index (χ1) is 8.70. The quantitative estimate of drug-likeness (QED) is 0.783. The molecule has 1 saturated carbocycles. The highest BCUT2D eigenvalue weighted by Gasteiger charge is 2.42. The molecule has 2 rings (SSSR count). The lowest BCUT2D eigenvalue weighted by Crippen LogP contribution is -2.62. The number of nitrogens with one attached hydrogen (secondary N) is 1. The van der Waals surface area contributed by atoms with Gasteiger partial charge in [0.05, 0.1) is 11.7 Å². The van der Waals surface area contributed by atoms with Crippen LogP contribution in [0.5, 0.6) is 0 Å². The lowest BCUT2D eigenvalue weighted by Gasteiger charge is -2.44. The van der Waals surface area contributed by atoms with Crippen LogP contribution in [0.4, 0.5) is 0 Å². The van der Waals surface area contributed by atoms with E-state index in [1.807, 2.05) is 6.92 Å². The van der Waals surface area contributed by atoms with Crippen molar-refractivity contribution in [1.82, 2.24) is 10.2 Å². The fraction of sp³-hybridized carbons (Fsp3) is 0.929. The van der Waals surface area contributed by atoms with Crippen LogP contribution in [0.2, 0.25) is 0 Å². The summed E-state index contributed by atoms with van der Waals surface area (Å²) in [6.07, 6.45) is 2.32. The number of hydrogen-bond acceptors (Lipinski definition) is 4. The molecule has 0 aromatic carbocycles. The van der Waals surface area contributed by atoms with Gasteiger partial charge in [-0.3, -0.25) is 15.0 Å². The zero-order valence-corrected chi connectivity index (χ0v) is 12.4. The highest BCUT2D eigenvalue weighted by Crippen LogP contribution is 2.26. The van der Waals surface area contributed by atoms with Crippen LogP contribution in [0.25, 0.3) is 0 Å². The Labute approximate surface area is 115 Å². The molecule has 0 radical (unpaired) electrons. The minimum absolute atomic E-state index is 0.141. The van der Waals surface area contributed by atoms with Gasteiger partial charge in [0.2, 0.25) is 0 Å². The maximum atomic E-state index is 11.6. The lowest BCUT2D eigenvalue weighted by molar-refractivity contribution is -0.152. The Morgan fingerprint density at radius 1 is 1.53 bits per heavy atom. The maximum absolute atomic E-state index is 11.6. The van der Waals surface area contributed by atoms with Gasteiger partial charge in [-0.1, -0.05) is 0 Å². The summed E-state index contributed by atoms with van der Waals surface area (Å²) in [6.45, 7) is 10.0. The molecule has 2 aliphatic rings. The van der Waals surface area contributed by atoms with Crippen molar-refractivity contribution in [3.63, 3.8) is 0 Å². The van der Waals surface area contributed by atoms with Crippen LogP contribution in [0.15, 0.2) is 0 Å². The second-order valence-corrected chi connectivity index (χ2v) is 6.91. The predicted molar refractivity (Wildman–Crippen MR) is 73.3 cm³/mol. The summed E-state index contributed by atoms with van der Waals surface area (Å²) in [5.41, 5.74) is -1.08. The molecule has 0 aromatic heterocycles. The van der Waals surface area contributed by atoms with E-state index in [-0.39, 0.29) is 11.7 Å². The molecule has 1 aliphatic heterocycles. The Hall–Kier alpha value is -0.650. The Morgan fingerprint density at radius 2 is 2.16 bits per heavy atom. The van der Waals surface area contributed by atoms with Crippen molar-refractivity contribution in [2.75, 3.05) is 19.6 Å². The van der Waals surface area contributed by atoms with Crippen molar-refractivity contribution < 1.29 is 14.6 Å². The molecule has 1 aliphatic carbocycles. The number of carboxylic acid groups (broad SMARTS) is 1. The molecule has 5 heteroatoms. The van der Waals surface area contributed by atoms with Crippen molar-refractivity contribution >= 4 is 5.97 Å². The summed E-state index contributed by atoms with van der Waals surface area (Å²) in [4.78, 5) is 13.8. The number of carboxylic acids is 1. The van der Waals surface area contributed by atoms with Gasteiger partial charge in [0, 0.05) is 25.7 Å². The van der Waals surface area contributed by atoms with Crippen LogP contribution < -0.4 is 5.32 Å². The normalized spacial score (nSPS) is 30.8. The molecule has 2 atom stereocenters. The topological polar surface area (TPSA) is 61.8 Å². The van der Waals surface area contributed by atoms with Gasteiger partial charge in [-0.2, -0.15) is 0 Å². The number of ether oxygens (including phenoxy) is 1.